The highest BCUT2D eigenvalue weighted by atomic mass is 19.1. The molecule has 2 aliphatic rings. The van der Waals surface area contributed by atoms with Gasteiger partial charge < -0.3 is 33.9 Å². The number of hydrogen-bond donors (Lipinski definition) is 1. The fraction of sp³-hybridized carbons (Fsp3) is 0.359. The van der Waals surface area contributed by atoms with Gasteiger partial charge in [0.25, 0.3) is 5.76 Å². The first kappa shape index (κ1) is 36.1. The van der Waals surface area contributed by atoms with Gasteiger partial charge in [0.15, 0.2) is 11.5 Å². The number of nitrogens with zero attached hydrogens (tertiary/aromatic N) is 4. The molecule has 2 aromatic heterocycles. The van der Waals surface area contributed by atoms with Crippen molar-refractivity contribution >= 4 is 40.1 Å². The number of benzene rings is 2. The summed E-state index contributed by atoms with van der Waals surface area (Å²) >= 11 is 0. The molecule has 272 valence electrons. The minimum Gasteiger partial charge on any atom is -0.493 e. The SMILES string of the molecule is CCOC1=C[N+](c2ccc(F)cc2C)=C1C(=O)Nc1ccc(Oc2ccnc3cc(OCC4CCN(C(=O)OC(C)(C)C)CC4)c(OC)cc23)cn1. The van der Waals surface area contributed by atoms with E-state index in [1.54, 1.807) is 60.2 Å². The molecule has 1 fully saturated rings. The molecule has 1 saturated heterocycles. The molecular formula is C39H43FN5O7+. The number of rotatable bonds is 11. The average Bonchev–Trinajstić information content (AvgIpc) is 3.09. The molecule has 0 bridgehead atoms. The van der Waals surface area contributed by atoms with Crippen molar-refractivity contribution in [1.29, 1.82) is 0 Å². The Bertz CT molecular complexity index is 2030. The summed E-state index contributed by atoms with van der Waals surface area (Å²) in [5, 5.41) is 3.52. The number of hydrogen-bond acceptors (Lipinski definition) is 9. The van der Waals surface area contributed by atoms with Gasteiger partial charge in [0.2, 0.25) is 11.9 Å². The molecule has 0 saturated carbocycles. The van der Waals surface area contributed by atoms with Crippen LogP contribution in [0.3, 0.4) is 0 Å². The van der Waals surface area contributed by atoms with Crippen molar-refractivity contribution in [1.82, 2.24) is 14.9 Å². The van der Waals surface area contributed by atoms with Crippen molar-refractivity contribution in [3.8, 4) is 23.0 Å². The lowest BCUT2D eigenvalue weighted by Crippen LogP contribution is -2.42. The highest BCUT2D eigenvalue weighted by Gasteiger charge is 2.40. The maximum absolute atomic E-state index is 13.7. The zero-order valence-corrected chi connectivity index (χ0v) is 30.2. The molecule has 2 aliphatic heterocycles. The Labute approximate surface area is 301 Å². The normalized spacial score (nSPS) is 14.8. The molecule has 12 nitrogen and oxygen atoms in total. The van der Waals surface area contributed by atoms with Crippen molar-refractivity contribution in [2.75, 3.05) is 38.7 Å². The van der Waals surface area contributed by atoms with Crippen LogP contribution in [0.4, 0.5) is 20.7 Å². The topological polar surface area (TPSA) is 124 Å². The van der Waals surface area contributed by atoms with E-state index in [1.807, 2.05) is 39.8 Å². The standard InChI is InChI=1S/C39H42FN5O7/c1-7-49-34-22-45(30-10-8-26(40)18-24(30)2)36(34)37(46)43-35-11-9-27(21-42-35)51-31-12-15-41-29-20-33(32(48-6)19-28(29)31)50-23-25-13-16-44(17-14-25)38(47)52-39(3,4)5/h8-12,15,18-22,25H,7,13-14,16-17,23H2,1-6H3/p+1. The molecule has 0 aliphatic carbocycles. The zero-order chi connectivity index (χ0) is 37.0. The van der Waals surface area contributed by atoms with Gasteiger partial charge in [0, 0.05) is 42.4 Å². The van der Waals surface area contributed by atoms with Crippen molar-refractivity contribution in [2.24, 2.45) is 5.92 Å². The first-order valence-corrected chi connectivity index (χ1v) is 17.2. The van der Waals surface area contributed by atoms with Crippen molar-refractivity contribution in [3.05, 3.63) is 84.3 Å². The van der Waals surface area contributed by atoms with Gasteiger partial charge in [-0.15, -0.1) is 4.58 Å². The number of ether oxygens (including phenoxy) is 5. The largest absolute Gasteiger partial charge is 0.493 e. The number of amides is 2. The lowest BCUT2D eigenvalue weighted by atomic mass is 9.98. The first-order valence-electron chi connectivity index (χ1n) is 17.2. The lowest BCUT2D eigenvalue weighted by molar-refractivity contribution is -0.379. The summed E-state index contributed by atoms with van der Waals surface area (Å²) in [6.07, 6.45) is 6.19. The predicted molar refractivity (Wildman–Crippen MR) is 193 cm³/mol. The molecule has 0 radical (unpaired) electrons. The van der Waals surface area contributed by atoms with E-state index in [-0.39, 0.29) is 17.8 Å². The van der Waals surface area contributed by atoms with Gasteiger partial charge in [0.05, 0.1) is 32.0 Å². The quantitative estimate of drug-likeness (QED) is 0.157. The molecule has 2 amide bonds. The van der Waals surface area contributed by atoms with Crippen LogP contribution in [0.5, 0.6) is 23.0 Å². The van der Waals surface area contributed by atoms with Crippen molar-refractivity contribution in [3.63, 3.8) is 0 Å². The second-order valence-electron chi connectivity index (χ2n) is 13.6. The van der Waals surface area contributed by atoms with E-state index in [0.717, 1.165) is 12.8 Å². The minimum atomic E-state index is -0.525. The fourth-order valence-electron chi connectivity index (χ4n) is 5.98. The van der Waals surface area contributed by atoms with Gasteiger partial charge in [-0.2, -0.15) is 0 Å². The van der Waals surface area contributed by atoms with E-state index in [0.29, 0.717) is 88.7 Å². The Morgan fingerprint density at radius 3 is 2.46 bits per heavy atom. The Hall–Kier alpha value is -5.72. The molecule has 0 atom stereocenters. The number of halogens is 1. The predicted octanol–water partition coefficient (Wildman–Crippen LogP) is 7.52. The van der Waals surface area contributed by atoms with E-state index < -0.39 is 11.5 Å². The summed E-state index contributed by atoms with van der Waals surface area (Å²) in [5.41, 5.74) is 1.77. The van der Waals surface area contributed by atoms with Gasteiger partial charge in [-0.25, -0.2) is 14.2 Å². The van der Waals surface area contributed by atoms with Crippen LogP contribution < -0.4 is 19.5 Å². The van der Waals surface area contributed by atoms with Crippen LogP contribution in [0.2, 0.25) is 0 Å². The van der Waals surface area contributed by atoms with Crippen LogP contribution in [-0.2, 0) is 14.3 Å². The number of aromatic nitrogens is 2. The Kier molecular flexibility index (Phi) is 10.6. The van der Waals surface area contributed by atoms with Gasteiger partial charge in [-0.05, 0) is 89.8 Å². The maximum Gasteiger partial charge on any atom is 0.410 e. The summed E-state index contributed by atoms with van der Waals surface area (Å²) in [5.74, 6) is 2.31. The number of fused-ring (bicyclic) bond motifs is 1. The number of aryl methyl sites for hydroxylation is 1. The fourth-order valence-corrected chi connectivity index (χ4v) is 5.98. The highest BCUT2D eigenvalue weighted by molar-refractivity contribution is 6.47. The molecule has 4 aromatic rings. The van der Waals surface area contributed by atoms with Crippen LogP contribution in [0.25, 0.3) is 10.9 Å². The molecule has 2 aromatic carbocycles. The third-order valence-electron chi connectivity index (χ3n) is 8.59. The van der Waals surface area contributed by atoms with E-state index in [1.165, 1.54) is 18.3 Å². The number of anilines is 1. The van der Waals surface area contributed by atoms with Gasteiger partial charge in [-0.3, -0.25) is 9.78 Å². The second kappa shape index (κ2) is 15.3. The Balaban J connectivity index is 1.10. The van der Waals surface area contributed by atoms with Crippen LogP contribution in [-0.4, -0.2) is 76.2 Å². The van der Waals surface area contributed by atoms with Crippen LogP contribution >= 0.6 is 0 Å². The van der Waals surface area contributed by atoms with E-state index in [9.17, 15) is 14.0 Å². The summed E-state index contributed by atoms with van der Waals surface area (Å²) in [6, 6.07) is 13.1. The van der Waals surface area contributed by atoms with E-state index in [4.69, 9.17) is 23.7 Å². The zero-order valence-electron chi connectivity index (χ0n) is 30.2. The van der Waals surface area contributed by atoms with Gasteiger partial charge in [-0.1, -0.05) is 0 Å². The first-order chi connectivity index (χ1) is 24.9. The maximum atomic E-state index is 13.7. The Morgan fingerprint density at radius 1 is 1.00 bits per heavy atom. The van der Waals surface area contributed by atoms with E-state index >= 15 is 0 Å². The van der Waals surface area contributed by atoms with Crippen LogP contribution in [0, 0.1) is 18.7 Å². The minimum absolute atomic E-state index is 0.274. The molecule has 4 heterocycles. The van der Waals surface area contributed by atoms with Crippen molar-refractivity contribution < 1.29 is 42.2 Å². The molecule has 0 spiro atoms. The molecule has 0 unspecified atom stereocenters. The molecule has 1 N–H and O–H groups in total. The lowest BCUT2D eigenvalue weighted by Gasteiger charge is -2.33. The number of methoxy groups -OCH3 is 1. The number of pyridine rings is 2. The average molecular weight is 713 g/mol. The molecular weight excluding hydrogens is 669 g/mol. The summed E-state index contributed by atoms with van der Waals surface area (Å²) < 4.78 is 44.7. The van der Waals surface area contributed by atoms with Gasteiger partial charge in [0.1, 0.15) is 28.7 Å². The molecule has 6 rings (SSSR count). The highest BCUT2D eigenvalue weighted by Crippen LogP contribution is 2.38. The third kappa shape index (κ3) is 8.25. The monoisotopic (exact) mass is 712 g/mol. The third-order valence-corrected chi connectivity index (χ3v) is 8.59. The van der Waals surface area contributed by atoms with Crippen LogP contribution in [0.1, 0.15) is 46.1 Å². The van der Waals surface area contributed by atoms with Crippen LogP contribution in [0.15, 0.2) is 72.9 Å². The smallest absolute Gasteiger partial charge is 0.410 e. The molecule has 13 heteroatoms. The molecule has 52 heavy (non-hydrogen) atoms. The summed E-state index contributed by atoms with van der Waals surface area (Å²) in [6.45, 7) is 11.3. The van der Waals surface area contributed by atoms with E-state index in [2.05, 4.69) is 15.3 Å². The number of carbonyl (C=O) groups excluding carboxylic acids is 2. The number of nitrogens with one attached hydrogen (secondary N) is 1. The Morgan fingerprint density at radius 2 is 1.79 bits per heavy atom. The van der Waals surface area contributed by atoms with Gasteiger partial charge >= 0.3 is 17.7 Å². The number of likely N-dealkylation sites (tertiary alicyclic amines) is 1. The second-order valence-corrected chi connectivity index (χ2v) is 13.6. The summed E-state index contributed by atoms with van der Waals surface area (Å²) in [7, 11) is 1.58. The summed E-state index contributed by atoms with van der Waals surface area (Å²) in [4.78, 5) is 36.5. The number of piperidine rings is 1. The number of carbonyl (C=O) groups is 2. The van der Waals surface area contributed by atoms with Crippen molar-refractivity contribution in [2.45, 2.75) is 53.1 Å².